The topological polar surface area (TPSA) is 49.3 Å². The maximum absolute atomic E-state index is 13.4. The molecule has 0 aliphatic carbocycles. The van der Waals surface area contributed by atoms with E-state index in [9.17, 15) is 9.18 Å². The van der Waals surface area contributed by atoms with Crippen LogP contribution in [0, 0.1) is 5.95 Å². The van der Waals surface area contributed by atoms with Crippen LogP contribution in [-0.2, 0) is 11.2 Å². The van der Waals surface area contributed by atoms with Crippen molar-refractivity contribution in [3.05, 3.63) is 53.7 Å². The first kappa shape index (κ1) is 21.4. The fraction of sp³-hybridized carbons (Fsp3) is 0.522. The molecule has 156 valence electrons. The third-order valence-electron chi connectivity index (χ3n) is 5.57. The van der Waals surface area contributed by atoms with E-state index in [4.69, 9.17) is 0 Å². The molecular weight excluding hydrogens is 367 g/mol. The van der Waals surface area contributed by atoms with Gasteiger partial charge in [0, 0.05) is 43.9 Å². The van der Waals surface area contributed by atoms with Crippen molar-refractivity contribution in [3.63, 3.8) is 0 Å². The molecule has 2 fully saturated rings. The monoisotopic (exact) mass is 398 g/mol. The lowest BCUT2D eigenvalue weighted by molar-refractivity contribution is -0.119. The molecule has 0 N–H and O–H groups in total. The van der Waals surface area contributed by atoms with Crippen molar-refractivity contribution < 1.29 is 9.18 Å². The minimum absolute atomic E-state index is 0.180. The van der Waals surface area contributed by atoms with E-state index in [-0.39, 0.29) is 11.8 Å². The molecule has 1 unspecified atom stereocenters. The van der Waals surface area contributed by atoms with Gasteiger partial charge in [-0.3, -0.25) is 9.69 Å². The summed E-state index contributed by atoms with van der Waals surface area (Å²) < 4.78 is 13.4. The number of rotatable bonds is 5. The van der Waals surface area contributed by atoms with Gasteiger partial charge in [0.1, 0.15) is 5.82 Å². The summed E-state index contributed by atoms with van der Waals surface area (Å²) in [6, 6.07) is 9.06. The largest absolute Gasteiger partial charge is 0.302 e. The molecule has 1 atom stereocenters. The summed E-state index contributed by atoms with van der Waals surface area (Å²) in [5.74, 6) is 0.888. The van der Waals surface area contributed by atoms with Crippen molar-refractivity contribution in [2.45, 2.75) is 51.9 Å². The minimum Gasteiger partial charge on any atom is -0.302 e. The van der Waals surface area contributed by atoms with E-state index in [1.54, 1.807) is 12.3 Å². The van der Waals surface area contributed by atoms with Gasteiger partial charge in [0.25, 0.3) is 0 Å². The lowest BCUT2D eigenvalue weighted by Gasteiger charge is -2.28. The number of carbonyl (C=O) groups is 1. The van der Waals surface area contributed by atoms with Crippen LogP contribution in [0.4, 0.5) is 10.2 Å². The maximum atomic E-state index is 13.4. The van der Waals surface area contributed by atoms with E-state index in [1.807, 2.05) is 30.9 Å². The van der Waals surface area contributed by atoms with Crippen LogP contribution in [0.1, 0.15) is 56.7 Å². The molecule has 0 radical (unpaired) electrons. The van der Waals surface area contributed by atoms with Crippen LogP contribution in [0.5, 0.6) is 0 Å². The van der Waals surface area contributed by atoms with Gasteiger partial charge in [-0.15, -0.1) is 0 Å². The second-order valence-electron chi connectivity index (χ2n) is 7.41. The number of anilines is 1. The quantitative estimate of drug-likeness (QED) is 0.709. The second-order valence-corrected chi connectivity index (χ2v) is 7.41. The summed E-state index contributed by atoms with van der Waals surface area (Å²) in [6.07, 6.45) is 6.25. The van der Waals surface area contributed by atoms with E-state index in [1.165, 1.54) is 6.07 Å². The van der Waals surface area contributed by atoms with Crippen molar-refractivity contribution in [1.82, 2.24) is 14.9 Å². The Hall–Kier alpha value is -2.34. The summed E-state index contributed by atoms with van der Waals surface area (Å²) in [4.78, 5) is 25.1. The molecule has 0 saturated carbocycles. The number of pyridine rings is 2. The Morgan fingerprint density at radius 1 is 1.14 bits per heavy atom. The molecule has 2 aliphatic rings. The van der Waals surface area contributed by atoms with Gasteiger partial charge >= 0.3 is 0 Å². The van der Waals surface area contributed by atoms with E-state index in [0.29, 0.717) is 6.42 Å². The molecule has 0 aromatic carbocycles. The van der Waals surface area contributed by atoms with Crippen LogP contribution in [-0.4, -0.2) is 47.0 Å². The maximum Gasteiger partial charge on any atom is 0.228 e. The Morgan fingerprint density at radius 3 is 2.79 bits per heavy atom. The highest BCUT2D eigenvalue weighted by Crippen LogP contribution is 2.27. The van der Waals surface area contributed by atoms with E-state index in [2.05, 4.69) is 20.9 Å². The second kappa shape index (κ2) is 10.4. The number of carbonyl (C=O) groups excluding carboxylic acids is 1. The molecule has 4 rings (SSSR count). The van der Waals surface area contributed by atoms with E-state index >= 15 is 0 Å². The van der Waals surface area contributed by atoms with Crippen LogP contribution in [0.3, 0.4) is 0 Å². The van der Waals surface area contributed by atoms with Crippen LogP contribution in [0.15, 0.2) is 36.5 Å². The Bertz CT molecular complexity index is 813. The normalized spacial score (nSPS) is 19.8. The van der Waals surface area contributed by atoms with E-state index < -0.39 is 5.95 Å². The summed E-state index contributed by atoms with van der Waals surface area (Å²) in [7, 11) is 0. The number of piperidine rings is 1. The van der Waals surface area contributed by atoms with Gasteiger partial charge in [-0.2, -0.15) is 4.39 Å². The zero-order valence-electron chi connectivity index (χ0n) is 17.5. The number of halogens is 1. The lowest BCUT2D eigenvalue weighted by Crippen LogP contribution is -2.36. The van der Waals surface area contributed by atoms with Crippen LogP contribution in [0.25, 0.3) is 0 Å². The highest BCUT2D eigenvalue weighted by atomic mass is 19.1. The Balaban J connectivity index is 0.00000117. The SMILES string of the molecule is CC.O=C1CCCCN1c1ncccc1CCN1CCC(c2cccc(F)n2)C1. The molecule has 0 spiro atoms. The molecule has 4 heterocycles. The lowest BCUT2D eigenvalue weighted by atomic mass is 10.0. The molecule has 2 saturated heterocycles. The summed E-state index contributed by atoms with van der Waals surface area (Å²) in [5, 5.41) is 0. The van der Waals surface area contributed by atoms with Crippen LogP contribution >= 0.6 is 0 Å². The highest BCUT2D eigenvalue weighted by molar-refractivity contribution is 5.93. The standard InChI is InChI=1S/C21H25FN4O.C2H6/c22-19-7-3-6-18(24-19)17-10-14-25(15-17)13-9-16-5-4-11-23-21(16)26-12-2-1-8-20(26)27;1-2/h3-7,11,17H,1-2,8-10,12-15H2;1-2H3. The summed E-state index contributed by atoms with van der Waals surface area (Å²) >= 11 is 0. The van der Waals surface area contributed by atoms with Crippen molar-refractivity contribution in [1.29, 1.82) is 0 Å². The first-order chi connectivity index (χ1) is 14.2. The first-order valence-corrected chi connectivity index (χ1v) is 10.8. The average molecular weight is 399 g/mol. The number of amides is 1. The van der Waals surface area contributed by atoms with Gasteiger partial charge in [0.2, 0.25) is 11.9 Å². The van der Waals surface area contributed by atoms with Gasteiger partial charge in [0.05, 0.1) is 0 Å². The highest BCUT2D eigenvalue weighted by Gasteiger charge is 2.26. The Labute approximate surface area is 173 Å². The van der Waals surface area contributed by atoms with Gasteiger partial charge in [0.15, 0.2) is 0 Å². The van der Waals surface area contributed by atoms with Gasteiger partial charge in [-0.05, 0) is 56.0 Å². The number of hydrogen-bond donors (Lipinski definition) is 0. The van der Waals surface area contributed by atoms with Crippen molar-refractivity contribution in [3.8, 4) is 0 Å². The molecule has 2 aliphatic heterocycles. The summed E-state index contributed by atoms with van der Waals surface area (Å²) in [5.41, 5.74) is 1.97. The van der Waals surface area contributed by atoms with Crippen LogP contribution < -0.4 is 4.90 Å². The van der Waals surface area contributed by atoms with E-state index in [0.717, 1.165) is 68.9 Å². The number of nitrogens with zero attached hydrogens (tertiary/aromatic N) is 4. The number of aromatic nitrogens is 2. The smallest absolute Gasteiger partial charge is 0.228 e. The van der Waals surface area contributed by atoms with Crippen LogP contribution in [0.2, 0.25) is 0 Å². The van der Waals surface area contributed by atoms with Crippen molar-refractivity contribution in [2.24, 2.45) is 0 Å². The predicted molar refractivity (Wildman–Crippen MR) is 113 cm³/mol. The molecule has 1 amide bonds. The Morgan fingerprint density at radius 2 is 2.00 bits per heavy atom. The molecular formula is C23H31FN4O. The zero-order valence-corrected chi connectivity index (χ0v) is 17.5. The third-order valence-corrected chi connectivity index (χ3v) is 5.57. The molecule has 6 heteroatoms. The van der Waals surface area contributed by atoms with Crippen molar-refractivity contribution in [2.75, 3.05) is 31.1 Å². The minimum atomic E-state index is -0.405. The third kappa shape index (κ3) is 5.38. The van der Waals surface area contributed by atoms with Gasteiger partial charge in [-0.1, -0.05) is 26.0 Å². The Kier molecular flexibility index (Phi) is 7.69. The first-order valence-electron chi connectivity index (χ1n) is 10.8. The average Bonchev–Trinajstić information content (AvgIpc) is 3.24. The number of hydrogen-bond acceptors (Lipinski definition) is 4. The molecule has 29 heavy (non-hydrogen) atoms. The van der Waals surface area contributed by atoms with Gasteiger partial charge in [-0.25, -0.2) is 9.97 Å². The molecule has 2 aromatic heterocycles. The van der Waals surface area contributed by atoms with Crippen molar-refractivity contribution >= 4 is 11.7 Å². The fourth-order valence-corrected chi connectivity index (χ4v) is 4.11. The molecule has 0 bridgehead atoms. The summed E-state index contributed by atoms with van der Waals surface area (Å²) in [6.45, 7) is 7.56. The predicted octanol–water partition coefficient (Wildman–Crippen LogP) is 4.19. The zero-order chi connectivity index (χ0) is 20.6. The molecule has 5 nitrogen and oxygen atoms in total. The number of likely N-dealkylation sites (tertiary alicyclic amines) is 1. The fourth-order valence-electron chi connectivity index (χ4n) is 4.11. The molecule has 2 aromatic rings. The van der Waals surface area contributed by atoms with Gasteiger partial charge < -0.3 is 4.90 Å².